The highest BCUT2D eigenvalue weighted by Crippen LogP contribution is 2.31. The van der Waals surface area contributed by atoms with Crippen molar-refractivity contribution in [1.29, 1.82) is 0 Å². The van der Waals surface area contributed by atoms with Crippen LogP contribution in [-0.4, -0.2) is 7.05 Å². The lowest BCUT2D eigenvalue weighted by Gasteiger charge is -2.17. The summed E-state index contributed by atoms with van der Waals surface area (Å²) in [4.78, 5) is 0. The Morgan fingerprint density at radius 1 is 1.19 bits per heavy atom. The molecule has 0 aliphatic carbocycles. The summed E-state index contributed by atoms with van der Waals surface area (Å²) in [7, 11) is 1.90. The molecule has 0 amide bonds. The van der Waals surface area contributed by atoms with E-state index in [1.165, 1.54) is 21.3 Å². The van der Waals surface area contributed by atoms with Crippen LogP contribution >= 0.6 is 22.6 Å². The second kappa shape index (κ2) is 5.77. The Hall–Kier alpha value is -1.40. The van der Waals surface area contributed by atoms with Crippen LogP contribution in [0.15, 0.2) is 46.9 Å². The van der Waals surface area contributed by atoms with Gasteiger partial charge < -0.3 is 9.73 Å². The molecule has 0 aliphatic rings. The summed E-state index contributed by atoms with van der Waals surface area (Å²) in [5.41, 5.74) is 3.10. The third-order valence-corrected chi connectivity index (χ3v) is 5.08. The van der Waals surface area contributed by atoms with Crippen LogP contribution in [0, 0.1) is 16.3 Å². The van der Waals surface area contributed by atoms with Gasteiger partial charge in [-0.3, -0.25) is 0 Å². The van der Waals surface area contributed by atoms with Crippen LogP contribution in [0.1, 0.15) is 22.9 Å². The molecule has 0 spiro atoms. The van der Waals surface area contributed by atoms with Crippen LogP contribution < -0.4 is 5.32 Å². The molecule has 0 saturated carbocycles. The van der Waals surface area contributed by atoms with E-state index in [9.17, 15) is 4.39 Å². The minimum absolute atomic E-state index is 0.0488. The van der Waals surface area contributed by atoms with Gasteiger partial charge in [-0.25, -0.2) is 4.39 Å². The fourth-order valence-electron chi connectivity index (χ4n) is 2.52. The van der Waals surface area contributed by atoms with Crippen molar-refractivity contribution >= 4 is 33.6 Å². The molecule has 0 aliphatic heterocycles. The molecule has 1 aromatic heterocycles. The Morgan fingerprint density at radius 2 is 2.00 bits per heavy atom. The average Bonchev–Trinajstić information content (AvgIpc) is 2.87. The van der Waals surface area contributed by atoms with E-state index in [2.05, 4.69) is 47.0 Å². The zero-order valence-electron chi connectivity index (χ0n) is 11.8. The molecule has 0 saturated heterocycles. The molecule has 2 nitrogen and oxygen atoms in total. The molecule has 1 atom stereocenters. The number of furan rings is 1. The summed E-state index contributed by atoms with van der Waals surface area (Å²) in [6, 6.07) is 12.7. The Kier molecular flexibility index (Phi) is 3.99. The Labute approximate surface area is 136 Å². The van der Waals surface area contributed by atoms with Crippen molar-refractivity contribution in [3.63, 3.8) is 0 Å². The monoisotopic (exact) mass is 395 g/mol. The summed E-state index contributed by atoms with van der Waals surface area (Å²) in [5, 5.41) is 4.07. The molecular weight excluding hydrogens is 380 g/mol. The topological polar surface area (TPSA) is 25.2 Å². The number of hydrogen-bond donors (Lipinski definition) is 1. The summed E-state index contributed by atoms with van der Waals surface area (Å²) in [6.45, 7) is 2.09. The standard InChI is InChI=1S/C17H15FINO/c1-10-4-3-5-13(16(10)19)17(20-2)15-9-11-8-12(18)6-7-14(11)21-15/h3-9,17,20H,1-2H3. The van der Waals surface area contributed by atoms with E-state index in [0.717, 1.165) is 16.7 Å². The lowest BCUT2D eigenvalue weighted by molar-refractivity contribution is 0.490. The van der Waals surface area contributed by atoms with Crippen molar-refractivity contribution < 1.29 is 8.81 Å². The van der Waals surface area contributed by atoms with Crippen molar-refractivity contribution in [3.8, 4) is 0 Å². The van der Waals surface area contributed by atoms with E-state index in [1.807, 2.05) is 19.2 Å². The first-order chi connectivity index (χ1) is 10.1. The van der Waals surface area contributed by atoms with Gasteiger partial charge in [0, 0.05) is 8.96 Å². The fourth-order valence-corrected chi connectivity index (χ4v) is 3.19. The smallest absolute Gasteiger partial charge is 0.134 e. The highest BCUT2D eigenvalue weighted by Gasteiger charge is 2.19. The van der Waals surface area contributed by atoms with Gasteiger partial charge >= 0.3 is 0 Å². The summed E-state index contributed by atoms with van der Waals surface area (Å²) >= 11 is 2.35. The van der Waals surface area contributed by atoms with Crippen LogP contribution in [-0.2, 0) is 0 Å². The van der Waals surface area contributed by atoms with Crippen molar-refractivity contribution in [2.45, 2.75) is 13.0 Å². The largest absolute Gasteiger partial charge is 0.459 e. The van der Waals surface area contributed by atoms with Gasteiger partial charge in [0.25, 0.3) is 0 Å². The van der Waals surface area contributed by atoms with Crippen molar-refractivity contribution in [2.24, 2.45) is 0 Å². The second-order valence-corrected chi connectivity index (χ2v) is 6.11. The molecule has 4 heteroatoms. The molecule has 0 bridgehead atoms. The van der Waals surface area contributed by atoms with Gasteiger partial charge in [-0.1, -0.05) is 18.2 Å². The number of benzene rings is 2. The van der Waals surface area contributed by atoms with Gasteiger partial charge in [-0.2, -0.15) is 0 Å². The minimum atomic E-state index is -0.249. The van der Waals surface area contributed by atoms with E-state index < -0.39 is 0 Å². The lowest BCUT2D eigenvalue weighted by Crippen LogP contribution is -2.18. The number of fused-ring (bicyclic) bond motifs is 1. The number of aryl methyl sites for hydroxylation is 1. The molecule has 1 N–H and O–H groups in total. The molecule has 1 heterocycles. The highest BCUT2D eigenvalue weighted by molar-refractivity contribution is 14.1. The number of halogens is 2. The maximum Gasteiger partial charge on any atom is 0.134 e. The van der Waals surface area contributed by atoms with Crippen LogP contribution in [0.25, 0.3) is 11.0 Å². The first-order valence-electron chi connectivity index (χ1n) is 6.71. The van der Waals surface area contributed by atoms with Gasteiger partial charge in [0.2, 0.25) is 0 Å². The fraction of sp³-hybridized carbons (Fsp3) is 0.176. The molecule has 21 heavy (non-hydrogen) atoms. The predicted molar refractivity (Wildman–Crippen MR) is 91.0 cm³/mol. The van der Waals surface area contributed by atoms with E-state index in [1.54, 1.807) is 6.07 Å². The van der Waals surface area contributed by atoms with Crippen LogP contribution in [0.2, 0.25) is 0 Å². The molecule has 1 unspecified atom stereocenters. The third-order valence-electron chi connectivity index (χ3n) is 3.60. The SMILES string of the molecule is CNC(c1cc2cc(F)ccc2o1)c1cccc(C)c1I. The van der Waals surface area contributed by atoms with Gasteiger partial charge in [0.15, 0.2) is 0 Å². The molecule has 2 aromatic carbocycles. The van der Waals surface area contributed by atoms with Gasteiger partial charge in [-0.15, -0.1) is 0 Å². The molecular formula is C17H15FINO. The van der Waals surface area contributed by atoms with E-state index >= 15 is 0 Å². The van der Waals surface area contributed by atoms with E-state index in [0.29, 0.717) is 5.58 Å². The number of hydrogen-bond acceptors (Lipinski definition) is 2. The van der Waals surface area contributed by atoms with Crippen molar-refractivity contribution in [2.75, 3.05) is 7.05 Å². The molecule has 3 rings (SSSR count). The number of rotatable bonds is 3. The van der Waals surface area contributed by atoms with Gasteiger partial charge in [0.05, 0.1) is 6.04 Å². The molecule has 3 aromatic rings. The van der Waals surface area contributed by atoms with Crippen molar-refractivity contribution in [3.05, 3.63) is 68.7 Å². The molecule has 0 radical (unpaired) electrons. The van der Waals surface area contributed by atoms with Crippen LogP contribution in [0.4, 0.5) is 4.39 Å². The first-order valence-corrected chi connectivity index (χ1v) is 7.79. The summed E-state index contributed by atoms with van der Waals surface area (Å²) in [6.07, 6.45) is 0. The number of nitrogens with one attached hydrogen (secondary N) is 1. The maximum absolute atomic E-state index is 13.3. The van der Waals surface area contributed by atoms with Crippen LogP contribution in [0.3, 0.4) is 0 Å². The zero-order valence-corrected chi connectivity index (χ0v) is 13.9. The molecule has 108 valence electrons. The summed E-state index contributed by atoms with van der Waals surface area (Å²) in [5.74, 6) is 0.544. The maximum atomic E-state index is 13.3. The lowest BCUT2D eigenvalue weighted by atomic mass is 10.0. The zero-order chi connectivity index (χ0) is 15.0. The second-order valence-electron chi connectivity index (χ2n) is 5.03. The van der Waals surface area contributed by atoms with Crippen LogP contribution in [0.5, 0.6) is 0 Å². The van der Waals surface area contributed by atoms with Gasteiger partial charge in [-0.05, 0) is 72.0 Å². The van der Waals surface area contributed by atoms with E-state index in [-0.39, 0.29) is 11.9 Å². The van der Waals surface area contributed by atoms with E-state index in [4.69, 9.17) is 4.42 Å². The average molecular weight is 395 g/mol. The Bertz CT molecular complexity index is 797. The highest BCUT2D eigenvalue weighted by atomic mass is 127. The Morgan fingerprint density at radius 3 is 2.76 bits per heavy atom. The predicted octanol–water partition coefficient (Wildman–Crippen LogP) is 4.79. The normalized spacial score (nSPS) is 12.8. The third kappa shape index (κ3) is 2.70. The quantitative estimate of drug-likeness (QED) is 0.645. The Balaban J connectivity index is 2.11. The minimum Gasteiger partial charge on any atom is -0.459 e. The summed E-state index contributed by atoms with van der Waals surface area (Å²) < 4.78 is 20.4. The van der Waals surface area contributed by atoms with Crippen molar-refractivity contribution in [1.82, 2.24) is 5.32 Å². The molecule has 0 fully saturated rings. The first kappa shape index (κ1) is 14.5. The van der Waals surface area contributed by atoms with Gasteiger partial charge in [0.1, 0.15) is 17.2 Å².